The van der Waals surface area contributed by atoms with Crippen LogP contribution in [0.2, 0.25) is 0 Å². The summed E-state index contributed by atoms with van der Waals surface area (Å²) < 4.78 is 0. The van der Waals surface area contributed by atoms with Gasteiger partial charge in [-0.05, 0) is 43.4 Å². The number of amides is 1. The summed E-state index contributed by atoms with van der Waals surface area (Å²) in [6.07, 6.45) is 4.68. The molecule has 0 saturated heterocycles. The molecular formula is C15H30N2O. The largest absolute Gasteiger partial charge is 0.358 e. The number of likely N-dealkylation sites (N-methyl/N-ethyl adjacent to an activating group) is 1. The molecule has 0 aliphatic heterocycles. The first kappa shape index (κ1) is 15.5. The third-order valence-corrected chi connectivity index (χ3v) is 4.12. The Morgan fingerprint density at radius 1 is 1.28 bits per heavy atom. The molecule has 0 heterocycles. The molecule has 3 heteroatoms. The molecule has 0 aromatic heterocycles. The van der Waals surface area contributed by atoms with Crippen LogP contribution in [0, 0.1) is 17.8 Å². The van der Waals surface area contributed by atoms with E-state index in [0.29, 0.717) is 17.9 Å². The van der Waals surface area contributed by atoms with Crippen LogP contribution >= 0.6 is 0 Å². The van der Waals surface area contributed by atoms with Gasteiger partial charge in [0.1, 0.15) is 0 Å². The fraction of sp³-hybridized carbons (Fsp3) is 0.933. The zero-order valence-electron chi connectivity index (χ0n) is 12.6. The third-order valence-electron chi connectivity index (χ3n) is 4.12. The Morgan fingerprint density at radius 2 is 1.94 bits per heavy atom. The molecule has 1 saturated carbocycles. The summed E-state index contributed by atoms with van der Waals surface area (Å²) in [5.41, 5.74) is 0. The lowest BCUT2D eigenvalue weighted by Gasteiger charge is -2.36. The van der Waals surface area contributed by atoms with Gasteiger partial charge >= 0.3 is 0 Å². The molecule has 2 N–H and O–H groups in total. The first-order chi connectivity index (χ1) is 8.43. The quantitative estimate of drug-likeness (QED) is 0.791. The van der Waals surface area contributed by atoms with E-state index >= 15 is 0 Å². The second-order valence-electron chi connectivity index (χ2n) is 6.47. The van der Waals surface area contributed by atoms with Gasteiger partial charge in [0.05, 0.1) is 6.04 Å². The van der Waals surface area contributed by atoms with Crippen molar-refractivity contribution in [1.82, 2.24) is 10.6 Å². The summed E-state index contributed by atoms with van der Waals surface area (Å²) >= 11 is 0. The molecule has 0 spiro atoms. The SMILES string of the molecule is CNC(=O)C(CC(C)C)NC1CCC(C)CC1C. The summed E-state index contributed by atoms with van der Waals surface area (Å²) in [5.74, 6) is 2.18. The fourth-order valence-corrected chi connectivity index (χ4v) is 3.07. The maximum atomic E-state index is 11.9. The molecule has 0 bridgehead atoms. The normalized spacial score (nSPS) is 30.2. The first-order valence-corrected chi connectivity index (χ1v) is 7.41. The van der Waals surface area contributed by atoms with Crippen molar-refractivity contribution in [1.29, 1.82) is 0 Å². The monoisotopic (exact) mass is 254 g/mol. The molecule has 0 radical (unpaired) electrons. The maximum absolute atomic E-state index is 11.9. The van der Waals surface area contributed by atoms with E-state index in [1.807, 2.05) is 0 Å². The highest BCUT2D eigenvalue weighted by Crippen LogP contribution is 2.29. The van der Waals surface area contributed by atoms with Gasteiger partial charge in [-0.25, -0.2) is 0 Å². The highest BCUT2D eigenvalue weighted by Gasteiger charge is 2.29. The van der Waals surface area contributed by atoms with E-state index in [1.54, 1.807) is 7.05 Å². The summed E-state index contributed by atoms with van der Waals surface area (Å²) in [5, 5.41) is 6.38. The molecule has 106 valence electrons. The molecule has 1 aliphatic carbocycles. The lowest BCUT2D eigenvalue weighted by molar-refractivity contribution is -0.123. The van der Waals surface area contributed by atoms with Crippen molar-refractivity contribution < 1.29 is 4.79 Å². The lowest BCUT2D eigenvalue weighted by atomic mass is 9.79. The molecule has 3 nitrogen and oxygen atoms in total. The van der Waals surface area contributed by atoms with E-state index in [2.05, 4.69) is 38.3 Å². The Bertz CT molecular complexity index is 265. The number of carbonyl (C=O) groups is 1. The lowest BCUT2D eigenvalue weighted by Crippen LogP contribution is -2.51. The predicted molar refractivity (Wildman–Crippen MR) is 76.4 cm³/mol. The molecule has 4 atom stereocenters. The summed E-state index contributed by atoms with van der Waals surface area (Å²) in [4.78, 5) is 11.9. The first-order valence-electron chi connectivity index (χ1n) is 7.41. The molecule has 1 amide bonds. The van der Waals surface area contributed by atoms with Crippen LogP contribution in [0.3, 0.4) is 0 Å². The minimum Gasteiger partial charge on any atom is -0.358 e. The molecule has 1 rings (SSSR count). The van der Waals surface area contributed by atoms with Crippen LogP contribution in [-0.2, 0) is 4.79 Å². The Labute approximate surface area is 112 Å². The van der Waals surface area contributed by atoms with Crippen LogP contribution in [0.15, 0.2) is 0 Å². The Balaban J connectivity index is 2.56. The third kappa shape index (κ3) is 4.60. The van der Waals surface area contributed by atoms with Crippen LogP contribution in [0.1, 0.15) is 53.4 Å². The van der Waals surface area contributed by atoms with Gasteiger partial charge < -0.3 is 10.6 Å². The van der Waals surface area contributed by atoms with Gasteiger partial charge in [-0.2, -0.15) is 0 Å². The van der Waals surface area contributed by atoms with Crippen LogP contribution in [0.5, 0.6) is 0 Å². The van der Waals surface area contributed by atoms with E-state index in [-0.39, 0.29) is 11.9 Å². The molecule has 0 aromatic carbocycles. The average Bonchev–Trinajstić information content (AvgIpc) is 2.30. The average molecular weight is 254 g/mol. The second-order valence-corrected chi connectivity index (χ2v) is 6.47. The minimum absolute atomic E-state index is 0.0316. The zero-order valence-corrected chi connectivity index (χ0v) is 12.6. The molecule has 1 fully saturated rings. The van der Waals surface area contributed by atoms with E-state index in [4.69, 9.17) is 0 Å². The Kier molecular flexibility index (Phi) is 6.13. The van der Waals surface area contributed by atoms with Crippen LogP contribution in [-0.4, -0.2) is 25.0 Å². The van der Waals surface area contributed by atoms with Crippen molar-refractivity contribution in [2.24, 2.45) is 17.8 Å². The van der Waals surface area contributed by atoms with E-state index < -0.39 is 0 Å². The fourth-order valence-electron chi connectivity index (χ4n) is 3.07. The van der Waals surface area contributed by atoms with Gasteiger partial charge in [0.15, 0.2) is 0 Å². The smallest absolute Gasteiger partial charge is 0.236 e. The summed E-state index contributed by atoms with van der Waals surface area (Å²) in [6.45, 7) is 8.98. The van der Waals surface area contributed by atoms with Crippen molar-refractivity contribution in [3.63, 3.8) is 0 Å². The highest BCUT2D eigenvalue weighted by atomic mass is 16.2. The van der Waals surface area contributed by atoms with Crippen LogP contribution < -0.4 is 10.6 Å². The number of hydrogen-bond donors (Lipinski definition) is 2. The summed E-state index contributed by atoms with van der Waals surface area (Å²) in [7, 11) is 1.73. The van der Waals surface area contributed by atoms with E-state index in [9.17, 15) is 4.79 Å². The van der Waals surface area contributed by atoms with Crippen molar-refractivity contribution in [3.8, 4) is 0 Å². The molecule has 4 unspecified atom stereocenters. The van der Waals surface area contributed by atoms with E-state index in [0.717, 1.165) is 12.3 Å². The molecule has 18 heavy (non-hydrogen) atoms. The van der Waals surface area contributed by atoms with Gasteiger partial charge in [0, 0.05) is 13.1 Å². The predicted octanol–water partition coefficient (Wildman–Crippen LogP) is 2.56. The maximum Gasteiger partial charge on any atom is 0.236 e. The Morgan fingerprint density at radius 3 is 2.44 bits per heavy atom. The standard InChI is InChI=1S/C15H30N2O/c1-10(2)8-14(15(18)16-5)17-13-7-6-11(3)9-12(13)4/h10-14,17H,6-9H2,1-5H3,(H,16,18). The molecular weight excluding hydrogens is 224 g/mol. The number of hydrogen-bond acceptors (Lipinski definition) is 2. The minimum atomic E-state index is -0.0316. The van der Waals surface area contributed by atoms with Gasteiger partial charge in [-0.3, -0.25) is 4.79 Å². The van der Waals surface area contributed by atoms with Crippen molar-refractivity contribution >= 4 is 5.91 Å². The van der Waals surface area contributed by atoms with Crippen molar-refractivity contribution in [3.05, 3.63) is 0 Å². The van der Waals surface area contributed by atoms with Gasteiger partial charge in [0.25, 0.3) is 0 Å². The van der Waals surface area contributed by atoms with Gasteiger partial charge in [-0.1, -0.05) is 27.7 Å². The summed E-state index contributed by atoms with van der Waals surface area (Å²) in [6, 6.07) is 0.470. The van der Waals surface area contributed by atoms with Gasteiger partial charge in [0.2, 0.25) is 5.91 Å². The number of carbonyl (C=O) groups excluding carboxylic acids is 1. The van der Waals surface area contributed by atoms with Crippen LogP contribution in [0.4, 0.5) is 0 Å². The topological polar surface area (TPSA) is 41.1 Å². The van der Waals surface area contributed by atoms with E-state index in [1.165, 1.54) is 19.3 Å². The second kappa shape index (κ2) is 7.13. The number of rotatable bonds is 5. The highest BCUT2D eigenvalue weighted by molar-refractivity contribution is 5.81. The molecule has 1 aliphatic rings. The van der Waals surface area contributed by atoms with Gasteiger partial charge in [-0.15, -0.1) is 0 Å². The zero-order chi connectivity index (χ0) is 13.7. The number of nitrogens with one attached hydrogen (secondary N) is 2. The Hall–Kier alpha value is -0.570. The van der Waals surface area contributed by atoms with Crippen molar-refractivity contribution in [2.45, 2.75) is 65.5 Å². The van der Waals surface area contributed by atoms with Crippen molar-refractivity contribution in [2.75, 3.05) is 7.05 Å². The van der Waals surface area contributed by atoms with Crippen LogP contribution in [0.25, 0.3) is 0 Å². The molecule has 0 aromatic rings.